The van der Waals surface area contributed by atoms with Crippen molar-refractivity contribution in [2.24, 2.45) is 5.73 Å². The summed E-state index contributed by atoms with van der Waals surface area (Å²) < 4.78 is 1.01. The fourth-order valence-electron chi connectivity index (χ4n) is 2.05. The van der Waals surface area contributed by atoms with Gasteiger partial charge in [-0.25, -0.2) is 4.98 Å². The molecule has 1 heterocycles. The average molecular weight is 320 g/mol. The van der Waals surface area contributed by atoms with E-state index in [0.717, 1.165) is 22.4 Å². The lowest BCUT2D eigenvalue weighted by molar-refractivity contribution is 0.872. The lowest BCUT2D eigenvalue weighted by atomic mass is 10.1. The SMILES string of the molecule is Cc1cnc(N(C)Cc2ccccc2CN)c(Br)c1. The topological polar surface area (TPSA) is 42.2 Å². The first-order valence-electron chi connectivity index (χ1n) is 6.22. The first kappa shape index (κ1) is 14.0. The van der Waals surface area contributed by atoms with Gasteiger partial charge in [-0.05, 0) is 45.6 Å². The molecule has 1 aromatic heterocycles. The molecule has 100 valence electrons. The maximum absolute atomic E-state index is 5.77. The van der Waals surface area contributed by atoms with Crippen LogP contribution >= 0.6 is 15.9 Å². The van der Waals surface area contributed by atoms with E-state index in [0.29, 0.717) is 6.54 Å². The predicted molar refractivity (Wildman–Crippen MR) is 83.1 cm³/mol. The van der Waals surface area contributed by atoms with Gasteiger partial charge in [-0.2, -0.15) is 0 Å². The molecular formula is C15H18BrN3. The summed E-state index contributed by atoms with van der Waals surface area (Å²) in [4.78, 5) is 6.60. The molecule has 0 atom stereocenters. The van der Waals surface area contributed by atoms with E-state index in [1.165, 1.54) is 11.1 Å². The van der Waals surface area contributed by atoms with E-state index >= 15 is 0 Å². The molecule has 0 saturated carbocycles. The van der Waals surface area contributed by atoms with E-state index in [1.54, 1.807) is 0 Å². The summed E-state index contributed by atoms with van der Waals surface area (Å²) in [5.41, 5.74) is 9.33. The Hall–Kier alpha value is -1.39. The standard InChI is InChI=1S/C15H18BrN3/c1-11-7-14(16)15(18-9-11)19(2)10-13-6-4-3-5-12(13)8-17/h3-7,9H,8,10,17H2,1-2H3. The first-order chi connectivity index (χ1) is 9.11. The normalized spacial score (nSPS) is 10.5. The quantitative estimate of drug-likeness (QED) is 0.940. The number of benzene rings is 1. The molecule has 2 N–H and O–H groups in total. The summed E-state index contributed by atoms with van der Waals surface area (Å²) in [5.74, 6) is 0.942. The largest absolute Gasteiger partial charge is 0.354 e. The second-order valence-corrected chi connectivity index (χ2v) is 5.50. The number of nitrogens with zero attached hydrogens (tertiary/aromatic N) is 2. The molecule has 0 aliphatic rings. The smallest absolute Gasteiger partial charge is 0.142 e. The van der Waals surface area contributed by atoms with Crippen LogP contribution < -0.4 is 10.6 Å². The van der Waals surface area contributed by atoms with Crippen LogP contribution in [-0.2, 0) is 13.1 Å². The molecule has 19 heavy (non-hydrogen) atoms. The third kappa shape index (κ3) is 3.33. The van der Waals surface area contributed by atoms with Gasteiger partial charge in [-0.15, -0.1) is 0 Å². The molecule has 0 aliphatic carbocycles. The van der Waals surface area contributed by atoms with Crippen molar-refractivity contribution >= 4 is 21.7 Å². The lowest BCUT2D eigenvalue weighted by Gasteiger charge is -2.21. The molecule has 0 bridgehead atoms. The van der Waals surface area contributed by atoms with Crippen molar-refractivity contribution in [3.05, 3.63) is 57.7 Å². The van der Waals surface area contributed by atoms with Crippen LogP contribution in [0.4, 0.5) is 5.82 Å². The summed E-state index contributed by atoms with van der Waals surface area (Å²) in [5, 5.41) is 0. The molecule has 4 heteroatoms. The number of pyridine rings is 1. The first-order valence-corrected chi connectivity index (χ1v) is 7.01. The van der Waals surface area contributed by atoms with Crippen LogP contribution in [-0.4, -0.2) is 12.0 Å². The van der Waals surface area contributed by atoms with Gasteiger partial charge in [0.25, 0.3) is 0 Å². The van der Waals surface area contributed by atoms with E-state index in [9.17, 15) is 0 Å². The molecule has 0 aliphatic heterocycles. The van der Waals surface area contributed by atoms with Gasteiger partial charge in [0.05, 0.1) is 4.47 Å². The Morgan fingerprint density at radius 3 is 2.58 bits per heavy atom. The van der Waals surface area contributed by atoms with Crippen LogP contribution in [0.5, 0.6) is 0 Å². The highest BCUT2D eigenvalue weighted by molar-refractivity contribution is 9.10. The minimum atomic E-state index is 0.562. The fraction of sp³-hybridized carbons (Fsp3) is 0.267. The van der Waals surface area contributed by atoms with Gasteiger partial charge in [-0.3, -0.25) is 0 Å². The molecule has 3 nitrogen and oxygen atoms in total. The lowest BCUT2D eigenvalue weighted by Crippen LogP contribution is -2.19. The molecule has 1 aromatic carbocycles. The van der Waals surface area contributed by atoms with Crippen molar-refractivity contribution in [1.29, 1.82) is 0 Å². The van der Waals surface area contributed by atoms with Crippen LogP contribution in [0.15, 0.2) is 41.0 Å². The molecule has 2 rings (SSSR count). The fourth-order valence-corrected chi connectivity index (χ4v) is 2.81. The maximum Gasteiger partial charge on any atom is 0.142 e. The van der Waals surface area contributed by atoms with Crippen molar-refractivity contribution in [3.8, 4) is 0 Å². The van der Waals surface area contributed by atoms with E-state index in [4.69, 9.17) is 5.73 Å². The van der Waals surface area contributed by atoms with Crippen LogP contribution in [0.3, 0.4) is 0 Å². The summed E-state index contributed by atoms with van der Waals surface area (Å²) in [7, 11) is 2.04. The molecule has 0 radical (unpaired) electrons. The number of aryl methyl sites for hydroxylation is 1. The highest BCUT2D eigenvalue weighted by Gasteiger charge is 2.09. The third-order valence-corrected chi connectivity index (χ3v) is 3.65. The summed E-state index contributed by atoms with van der Waals surface area (Å²) >= 11 is 3.57. The molecular weight excluding hydrogens is 302 g/mol. The van der Waals surface area contributed by atoms with E-state index < -0.39 is 0 Å². The van der Waals surface area contributed by atoms with Crippen molar-refractivity contribution in [2.45, 2.75) is 20.0 Å². The van der Waals surface area contributed by atoms with Gasteiger partial charge in [0, 0.05) is 26.3 Å². The minimum Gasteiger partial charge on any atom is -0.354 e. The Kier molecular flexibility index (Phi) is 4.56. The zero-order chi connectivity index (χ0) is 13.8. The number of hydrogen-bond donors (Lipinski definition) is 1. The summed E-state index contributed by atoms with van der Waals surface area (Å²) in [6.45, 7) is 3.39. The Morgan fingerprint density at radius 2 is 1.95 bits per heavy atom. The monoisotopic (exact) mass is 319 g/mol. The van der Waals surface area contributed by atoms with Crippen LogP contribution in [0, 0.1) is 6.92 Å². The highest BCUT2D eigenvalue weighted by atomic mass is 79.9. The molecule has 0 unspecified atom stereocenters. The van der Waals surface area contributed by atoms with E-state index in [2.05, 4.69) is 44.0 Å². The third-order valence-electron chi connectivity index (χ3n) is 3.07. The van der Waals surface area contributed by atoms with Gasteiger partial charge >= 0.3 is 0 Å². The zero-order valence-corrected chi connectivity index (χ0v) is 12.8. The summed E-state index contributed by atoms with van der Waals surface area (Å²) in [6, 6.07) is 10.3. The summed E-state index contributed by atoms with van der Waals surface area (Å²) in [6.07, 6.45) is 1.88. The number of rotatable bonds is 4. The van der Waals surface area contributed by atoms with Crippen molar-refractivity contribution in [1.82, 2.24) is 4.98 Å². The van der Waals surface area contributed by atoms with Gasteiger partial charge in [0.15, 0.2) is 0 Å². The second-order valence-electron chi connectivity index (χ2n) is 4.65. The average Bonchev–Trinajstić information content (AvgIpc) is 2.39. The Morgan fingerprint density at radius 1 is 1.26 bits per heavy atom. The molecule has 0 fully saturated rings. The van der Waals surface area contributed by atoms with Gasteiger partial charge < -0.3 is 10.6 Å². The van der Waals surface area contributed by atoms with E-state index in [-0.39, 0.29) is 0 Å². The Balaban J connectivity index is 2.23. The minimum absolute atomic E-state index is 0.562. The molecule has 0 amide bonds. The van der Waals surface area contributed by atoms with Gasteiger partial charge in [0.1, 0.15) is 5.82 Å². The number of aromatic nitrogens is 1. The highest BCUT2D eigenvalue weighted by Crippen LogP contribution is 2.25. The van der Waals surface area contributed by atoms with Gasteiger partial charge in [0.2, 0.25) is 0 Å². The van der Waals surface area contributed by atoms with Crippen LogP contribution in [0.2, 0.25) is 0 Å². The number of nitrogens with two attached hydrogens (primary N) is 1. The van der Waals surface area contributed by atoms with E-state index in [1.807, 2.05) is 32.3 Å². The van der Waals surface area contributed by atoms with Crippen molar-refractivity contribution in [2.75, 3.05) is 11.9 Å². The number of hydrogen-bond acceptors (Lipinski definition) is 3. The molecule has 0 spiro atoms. The van der Waals surface area contributed by atoms with Crippen molar-refractivity contribution < 1.29 is 0 Å². The van der Waals surface area contributed by atoms with Gasteiger partial charge in [-0.1, -0.05) is 24.3 Å². The number of halogens is 1. The maximum atomic E-state index is 5.77. The van der Waals surface area contributed by atoms with Crippen LogP contribution in [0.1, 0.15) is 16.7 Å². The Bertz CT molecular complexity index is 569. The zero-order valence-electron chi connectivity index (χ0n) is 11.2. The molecule has 0 saturated heterocycles. The van der Waals surface area contributed by atoms with Crippen LogP contribution in [0.25, 0.3) is 0 Å². The predicted octanol–water partition coefficient (Wildman–Crippen LogP) is 3.25. The molecule has 2 aromatic rings. The Labute approximate surface area is 122 Å². The number of anilines is 1. The second kappa shape index (κ2) is 6.17. The van der Waals surface area contributed by atoms with Crippen molar-refractivity contribution in [3.63, 3.8) is 0 Å².